The monoisotopic (exact) mass is 292 g/mol. The maximum Gasteiger partial charge on any atom is 0.236 e. The molecule has 102 valence electrons. The van der Waals surface area contributed by atoms with Gasteiger partial charge < -0.3 is 16.0 Å². The number of carbonyl (C=O) groups is 1. The molecule has 0 atom stereocenters. The minimum atomic E-state index is -0.421. The molecule has 0 spiro atoms. The van der Waals surface area contributed by atoms with Gasteiger partial charge in [0.15, 0.2) is 5.82 Å². The van der Waals surface area contributed by atoms with E-state index in [-0.39, 0.29) is 24.1 Å². The van der Waals surface area contributed by atoms with Crippen molar-refractivity contribution in [2.45, 2.75) is 37.0 Å². The lowest BCUT2D eigenvalue weighted by molar-refractivity contribution is -0.115. The number of nitrogens with zero attached hydrogens (tertiary/aromatic N) is 2. The number of hydrogen-bond donors (Lipinski definition) is 2. The van der Waals surface area contributed by atoms with Crippen LogP contribution in [0.5, 0.6) is 0 Å². The average molecular weight is 293 g/mol. The van der Waals surface area contributed by atoms with Crippen LogP contribution in [0.2, 0.25) is 0 Å². The molecule has 2 rings (SSSR count). The molecule has 1 fully saturated rings. The molecule has 0 aromatic carbocycles. The Hall–Kier alpha value is -0.790. The van der Waals surface area contributed by atoms with E-state index < -0.39 is 5.54 Å². The second kappa shape index (κ2) is 6.40. The van der Waals surface area contributed by atoms with Crippen molar-refractivity contribution in [3.05, 3.63) is 11.7 Å². The third-order valence-corrected chi connectivity index (χ3v) is 3.82. The Balaban J connectivity index is 0.00000162. The lowest BCUT2D eigenvalue weighted by Gasteiger charge is -2.17. The number of primary amides is 1. The van der Waals surface area contributed by atoms with E-state index in [0.29, 0.717) is 17.5 Å². The number of nitrogens with two attached hydrogens (primary N) is 2. The summed E-state index contributed by atoms with van der Waals surface area (Å²) in [6, 6.07) is 0. The van der Waals surface area contributed by atoms with Crippen LogP contribution in [0.25, 0.3) is 0 Å². The van der Waals surface area contributed by atoms with Crippen molar-refractivity contribution in [3.63, 3.8) is 0 Å². The molecular formula is C10H17ClN4O2S. The molecule has 1 aliphatic rings. The number of rotatable bonds is 5. The number of hydrogen-bond acceptors (Lipinski definition) is 6. The van der Waals surface area contributed by atoms with E-state index >= 15 is 0 Å². The highest BCUT2D eigenvalue weighted by molar-refractivity contribution is 7.99. The number of amides is 1. The number of thioether (sulfide) groups is 1. The van der Waals surface area contributed by atoms with Crippen LogP contribution in [0.15, 0.2) is 4.52 Å². The van der Waals surface area contributed by atoms with Crippen molar-refractivity contribution in [2.24, 2.45) is 11.5 Å². The van der Waals surface area contributed by atoms with Gasteiger partial charge >= 0.3 is 0 Å². The predicted molar refractivity (Wildman–Crippen MR) is 71.2 cm³/mol. The van der Waals surface area contributed by atoms with Crippen LogP contribution in [0.4, 0.5) is 0 Å². The Bertz CT molecular complexity index is 406. The van der Waals surface area contributed by atoms with Crippen LogP contribution in [0.1, 0.15) is 37.4 Å². The van der Waals surface area contributed by atoms with Crippen molar-refractivity contribution in [1.29, 1.82) is 0 Å². The summed E-state index contributed by atoms with van der Waals surface area (Å²) in [5, 5.41) is 3.93. The molecule has 4 N–H and O–H groups in total. The Labute approximate surface area is 116 Å². The van der Waals surface area contributed by atoms with E-state index in [1.807, 2.05) is 0 Å². The Morgan fingerprint density at radius 2 is 2.11 bits per heavy atom. The summed E-state index contributed by atoms with van der Waals surface area (Å²) in [6.45, 7) is 0. The molecule has 0 saturated heterocycles. The SMILES string of the molecule is Cl.NC(=O)CSCc1nc(C2(N)CCCC2)no1. The van der Waals surface area contributed by atoms with Crippen LogP contribution in [0.3, 0.4) is 0 Å². The summed E-state index contributed by atoms with van der Waals surface area (Å²) in [5.74, 6) is 1.49. The van der Waals surface area contributed by atoms with Crippen molar-refractivity contribution in [3.8, 4) is 0 Å². The van der Waals surface area contributed by atoms with Gasteiger partial charge in [0.25, 0.3) is 0 Å². The maximum absolute atomic E-state index is 10.6. The maximum atomic E-state index is 10.6. The summed E-state index contributed by atoms with van der Waals surface area (Å²) in [4.78, 5) is 14.9. The summed E-state index contributed by atoms with van der Waals surface area (Å²) in [7, 11) is 0. The van der Waals surface area contributed by atoms with E-state index in [1.54, 1.807) is 0 Å². The van der Waals surface area contributed by atoms with Gasteiger partial charge in [-0.2, -0.15) is 4.98 Å². The lowest BCUT2D eigenvalue weighted by atomic mass is 9.99. The van der Waals surface area contributed by atoms with E-state index in [1.165, 1.54) is 11.8 Å². The Morgan fingerprint density at radius 1 is 1.44 bits per heavy atom. The highest BCUT2D eigenvalue weighted by atomic mass is 35.5. The first-order chi connectivity index (χ1) is 8.10. The number of carbonyl (C=O) groups excluding carboxylic acids is 1. The Kier molecular flexibility index (Phi) is 5.43. The van der Waals surface area contributed by atoms with Gasteiger partial charge in [-0.05, 0) is 12.8 Å². The first-order valence-corrected chi connectivity index (χ1v) is 6.74. The number of aromatic nitrogens is 2. The van der Waals surface area contributed by atoms with Gasteiger partial charge in [0.05, 0.1) is 17.0 Å². The Morgan fingerprint density at radius 3 is 2.72 bits per heavy atom. The summed E-state index contributed by atoms with van der Waals surface area (Å²) >= 11 is 1.36. The summed E-state index contributed by atoms with van der Waals surface area (Å²) in [5.41, 5.74) is 10.8. The zero-order valence-corrected chi connectivity index (χ0v) is 11.6. The minimum absolute atomic E-state index is 0. The topological polar surface area (TPSA) is 108 Å². The molecule has 8 heteroatoms. The highest BCUT2D eigenvalue weighted by Gasteiger charge is 2.35. The quantitative estimate of drug-likeness (QED) is 0.836. The van der Waals surface area contributed by atoms with Crippen LogP contribution in [-0.4, -0.2) is 21.8 Å². The fourth-order valence-corrected chi connectivity index (χ4v) is 2.58. The van der Waals surface area contributed by atoms with E-state index in [0.717, 1.165) is 25.7 Å². The second-order valence-corrected chi connectivity index (χ2v) is 5.32. The summed E-state index contributed by atoms with van der Waals surface area (Å²) in [6.07, 6.45) is 4.02. The minimum Gasteiger partial charge on any atom is -0.369 e. The third-order valence-electron chi connectivity index (χ3n) is 2.88. The van der Waals surface area contributed by atoms with Crippen molar-refractivity contribution < 1.29 is 9.32 Å². The molecule has 0 bridgehead atoms. The summed E-state index contributed by atoms with van der Waals surface area (Å²) < 4.78 is 5.11. The zero-order chi connectivity index (χ0) is 12.3. The highest BCUT2D eigenvalue weighted by Crippen LogP contribution is 2.34. The van der Waals surface area contributed by atoms with Crippen molar-refractivity contribution in [2.75, 3.05) is 5.75 Å². The van der Waals surface area contributed by atoms with Crippen molar-refractivity contribution in [1.82, 2.24) is 10.1 Å². The van der Waals surface area contributed by atoms with Gasteiger partial charge in [0, 0.05) is 0 Å². The molecule has 1 aliphatic carbocycles. The molecule has 18 heavy (non-hydrogen) atoms. The average Bonchev–Trinajstić information content (AvgIpc) is 2.87. The molecule has 6 nitrogen and oxygen atoms in total. The van der Waals surface area contributed by atoms with Crippen LogP contribution >= 0.6 is 24.2 Å². The molecule has 0 unspecified atom stereocenters. The largest absolute Gasteiger partial charge is 0.369 e. The molecule has 1 aromatic rings. The van der Waals surface area contributed by atoms with Gasteiger partial charge in [-0.3, -0.25) is 4.79 Å². The lowest BCUT2D eigenvalue weighted by Crippen LogP contribution is -2.34. The zero-order valence-electron chi connectivity index (χ0n) is 9.92. The molecule has 1 amide bonds. The standard InChI is InChI=1S/C10H16N4O2S.ClH/c11-7(15)5-17-6-8-13-9(14-16-8)10(12)3-1-2-4-10;/h1-6,12H2,(H2,11,15);1H. The third kappa shape index (κ3) is 3.60. The van der Waals surface area contributed by atoms with E-state index in [2.05, 4.69) is 10.1 Å². The molecule has 0 aliphatic heterocycles. The first-order valence-electron chi connectivity index (χ1n) is 5.58. The van der Waals surface area contributed by atoms with E-state index in [4.69, 9.17) is 16.0 Å². The van der Waals surface area contributed by atoms with Crippen LogP contribution < -0.4 is 11.5 Å². The normalized spacial score (nSPS) is 17.4. The fraction of sp³-hybridized carbons (Fsp3) is 0.700. The predicted octanol–water partition coefficient (Wildman–Crippen LogP) is 0.938. The molecule has 1 aromatic heterocycles. The van der Waals surface area contributed by atoms with Gasteiger partial charge in [-0.15, -0.1) is 24.2 Å². The van der Waals surface area contributed by atoms with Crippen LogP contribution in [-0.2, 0) is 16.1 Å². The number of halogens is 1. The van der Waals surface area contributed by atoms with Gasteiger partial charge in [0.1, 0.15) is 0 Å². The van der Waals surface area contributed by atoms with Crippen molar-refractivity contribution >= 4 is 30.1 Å². The second-order valence-electron chi connectivity index (χ2n) is 4.33. The molecule has 0 radical (unpaired) electrons. The molecule has 1 heterocycles. The van der Waals surface area contributed by atoms with Gasteiger partial charge in [-0.1, -0.05) is 18.0 Å². The molecule has 1 saturated carbocycles. The molecular weight excluding hydrogens is 276 g/mol. The smallest absolute Gasteiger partial charge is 0.236 e. The first kappa shape index (κ1) is 15.3. The van der Waals surface area contributed by atoms with E-state index in [9.17, 15) is 4.79 Å². The fourth-order valence-electron chi connectivity index (χ4n) is 1.98. The van der Waals surface area contributed by atoms with Gasteiger partial charge in [0.2, 0.25) is 11.8 Å². The van der Waals surface area contributed by atoms with Gasteiger partial charge in [-0.25, -0.2) is 0 Å². The van der Waals surface area contributed by atoms with Crippen LogP contribution in [0, 0.1) is 0 Å².